The van der Waals surface area contributed by atoms with Gasteiger partial charge in [-0.05, 0) is 5.56 Å². The number of nitrogens with one attached hydrogen (secondary N) is 1. The van der Waals surface area contributed by atoms with Crippen LogP contribution in [-0.2, 0) is 11.3 Å². The highest BCUT2D eigenvalue weighted by Crippen LogP contribution is 2.11. The molecule has 1 aromatic carbocycles. The van der Waals surface area contributed by atoms with Gasteiger partial charge in [0.2, 0.25) is 5.91 Å². The van der Waals surface area contributed by atoms with Crippen molar-refractivity contribution >= 4 is 5.91 Å². The lowest BCUT2D eigenvalue weighted by Gasteiger charge is -2.16. The third kappa shape index (κ3) is 3.93. The zero-order valence-electron chi connectivity index (χ0n) is 10.6. The largest absolute Gasteiger partial charge is 0.394 e. The number of benzene rings is 1. The summed E-state index contributed by atoms with van der Waals surface area (Å²) in [4.78, 5) is 15.7. The van der Waals surface area contributed by atoms with Gasteiger partial charge in [0.25, 0.3) is 0 Å². The van der Waals surface area contributed by atoms with Crippen LogP contribution in [0.1, 0.15) is 18.0 Å². The summed E-state index contributed by atoms with van der Waals surface area (Å²) in [5.74, 6) is -0.0865. The molecule has 2 rings (SSSR count). The summed E-state index contributed by atoms with van der Waals surface area (Å²) in [5.41, 5.74) is 0.904. The lowest BCUT2D eigenvalue weighted by molar-refractivity contribution is -0.122. The van der Waals surface area contributed by atoms with Crippen molar-refractivity contribution < 1.29 is 9.90 Å². The van der Waals surface area contributed by atoms with Gasteiger partial charge in [-0.2, -0.15) is 0 Å². The molecule has 0 bridgehead atoms. The number of aliphatic hydroxyl groups is 1. The van der Waals surface area contributed by atoms with Crippen LogP contribution < -0.4 is 5.32 Å². The van der Waals surface area contributed by atoms with E-state index in [0.29, 0.717) is 13.0 Å². The first kappa shape index (κ1) is 13.3. The predicted molar refractivity (Wildman–Crippen MR) is 71.3 cm³/mol. The lowest BCUT2D eigenvalue weighted by Crippen LogP contribution is -2.31. The van der Waals surface area contributed by atoms with Crippen molar-refractivity contribution in [2.75, 3.05) is 6.61 Å². The van der Waals surface area contributed by atoms with E-state index in [-0.39, 0.29) is 18.6 Å². The summed E-state index contributed by atoms with van der Waals surface area (Å²) >= 11 is 0. The maximum atomic E-state index is 11.8. The van der Waals surface area contributed by atoms with Crippen LogP contribution in [0.2, 0.25) is 0 Å². The highest BCUT2D eigenvalue weighted by Gasteiger charge is 2.12. The molecular formula is C14H17N3O2. The minimum absolute atomic E-state index is 0.0865. The molecule has 19 heavy (non-hydrogen) atoms. The summed E-state index contributed by atoms with van der Waals surface area (Å²) in [6.45, 7) is 0.472. The number of aryl methyl sites for hydroxylation is 1. The van der Waals surface area contributed by atoms with Gasteiger partial charge in [0.05, 0.1) is 19.0 Å². The van der Waals surface area contributed by atoms with Crippen LogP contribution >= 0.6 is 0 Å². The summed E-state index contributed by atoms with van der Waals surface area (Å²) in [6, 6.07) is 9.09. The Morgan fingerprint density at radius 2 is 2.16 bits per heavy atom. The SMILES string of the molecule is O=C(CCn1ccnc1)N[C@@H](CO)c1ccccc1. The standard InChI is InChI=1S/C14H17N3O2/c18-10-13(12-4-2-1-3-5-12)16-14(19)6-8-17-9-7-15-11-17/h1-5,7,9,11,13,18H,6,8,10H2,(H,16,19)/t13-/m0/s1. The number of imidazole rings is 1. The van der Waals surface area contributed by atoms with E-state index in [1.54, 1.807) is 12.5 Å². The minimum atomic E-state index is -0.350. The van der Waals surface area contributed by atoms with Crippen molar-refractivity contribution in [2.24, 2.45) is 0 Å². The maximum Gasteiger partial charge on any atom is 0.222 e. The van der Waals surface area contributed by atoms with Crippen LogP contribution in [0.25, 0.3) is 0 Å². The Labute approximate surface area is 111 Å². The molecule has 0 aliphatic rings. The first-order valence-electron chi connectivity index (χ1n) is 6.20. The third-order valence-corrected chi connectivity index (χ3v) is 2.88. The zero-order chi connectivity index (χ0) is 13.5. The van der Waals surface area contributed by atoms with E-state index in [1.165, 1.54) is 0 Å². The Bertz CT molecular complexity index is 497. The Morgan fingerprint density at radius 1 is 1.37 bits per heavy atom. The van der Waals surface area contributed by atoms with E-state index in [0.717, 1.165) is 5.56 Å². The number of aromatic nitrogens is 2. The summed E-state index contributed by atoms with van der Waals surface area (Å²) in [7, 11) is 0. The van der Waals surface area contributed by atoms with E-state index >= 15 is 0 Å². The van der Waals surface area contributed by atoms with Crippen molar-refractivity contribution in [3.05, 3.63) is 54.6 Å². The van der Waals surface area contributed by atoms with Crippen molar-refractivity contribution in [3.63, 3.8) is 0 Å². The number of nitrogens with zero attached hydrogens (tertiary/aromatic N) is 2. The Hall–Kier alpha value is -2.14. The van der Waals surface area contributed by atoms with Gasteiger partial charge in [-0.15, -0.1) is 0 Å². The number of amides is 1. The fraction of sp³-hybridized carbons (Fsp3) is 0.286. The van der Waals surface area contributed by atoms with Crippen LogP contribution in [0, 0.1) is 0 Å². The second-order valence-electron chi connectivity index (χ2n) is 4.26. The summed E-state index contributed by atoms with van der Waals surface area (Å²) in [5, 5.41) is 12.2. The number of hydrogen-bond donors (Lipinski definition) is 2. The van der Waals surface area contributed by atoms with Crippen LogP contribution in [0.15, 0.2) is 49.1 Å². The fourth-order valence-corrected chi connectivity index (χ4v) is 1.84. The summed E-state index contributed by atoms with van der Waals surface area (Å²) in [6.07, 6.45) is 5.53. The lowest BCUT2D eigenvalue weighted by atomic mass is 10.1. The monoisotopic (exact) mass is 259 g/mol. The summed E-state index contributed by atoms with van der Waals surface area (Å²) < 4.78 is 1.84. The van der Waals surface area contributed by atoms with Gasteiger partial charge >= 0.3 is 0 Å². The molecular weight excluding hydrogens is 242 g/mol. The number of aliphatic hydroxyl groups excluding tert-OH is 1. The van der Waals surface area contributed by atoms with Crippen molar-refractivity contribution in [2.45, 2.75) is 19.0 Å². The smallest absolute Gasteiger partial charge is 0.222 e. The third-order valence-electron chi connectivity index (χ3n) is 2.88. The molecule has 1 heterocycles. The number of hydrogen-bond acceptors (Lipinski definition) is 3. The Balaban J connectivity index is 1.86. The molecule has 0 fully saturated rings. The Morgan fingerprint density at radius 3 is 2.79 bits per heavy atom. The number of carbonyl (C=O) groups is 1. The van der Waals surface area contributed by atoms with Crippen LogP contribution in [0.5, 0.6) is 0 Å². The second kappa shape index (κ2) is 6.70. The molecule has 0 saturated heterocycles. The highest BCUT2D eigenvalue weighted by molar-refractivity contribution is 5.76. The highest BCUT2D eigenvalue weighted by atomic mass is 16.3. The van der Waals surface area contributed by atoms with Gasteiger partial charge in [0.15, 0.2) is 0 Å². The van der Waals surface area contributed by atoms with Gasteiger partial charge in [-0.1, -0.05) is 30.3 Å². The molecule has 0 unspecified atom stereocenters. The van der Waals surface area contributed by atoms with Crippen molar-refractivity contribution in [3.8, 4) is 0 Å². The molecule has 1 amide bonds. The van der Waals surface area contributed by atoms with Gasteiger partial charge in [-0.25, -0.2) is 4.98 Å². The van der Waals surface area contributed by atoms with E-state index in [2.05, 4.69) is 10.3 Å². The molecule has 5 heteroatoms. The number of carbonyl (C=O) groups excluding carboxylic acids is 1. The maximum absolute atomic E-state index is 11.8. The molecule has 0 radical (unpaired) electrons. The van der Waals surface area contributed by atoms with E-state index < -0.39 is 0 Å². The molecule has 0 aliphatic heterocycles. The molecule has 2 N–H and O–H groups in total. The van der Waals surface area contributed by atoms with E-state index in [9.17, 15) is 9.90 Å². The second-order valence-corrected chi connectivity index (χ2v) is 4.26. The molecule has 0 spiro atoms. The molecule has 1 atom stereocenters. The molecule has 2 aromatic rings. The first-order chi connectivity index (χ1) is 9.29. The van der Waals surface area contributed by atoms with Gasteiger partial charge in [0, 0.05) is 25.4 Å². The first-order valence-corrected chi connectivity index (χ1v) is 6.20. The molecule has 0 aliphatic carbocycles. The van der Waals surface area contributed by atoms with Crippen LogP contribution in [0.4, 0.5) is 0 Å². The van der Waals surface area contributed by atoms with E-state index in [1.807, 2.05) is 41.1 Å². The topological polar surface area (TPSA) is 67.2 Å². The van der Waals surface area contributed by atoms with Crippen molar-refractivity contribution in [1.82, 2.24) is 14.9 Å². The minimum Gasteiger partial charge on any atom is -0.394 e. The normalized spacial score (nSPS) is 12.1. The van der Waals surface area contributed by atoms with Gasteiger partial charge in [-0.3, -0.25) is 4.79 Å². The van der Waals surface area contributed by atoms with Gasteiger partial charge < -0.3 is 15.0 Å². The Kier molecular flexibility index (Phi) is 4.69. The molecule has 5 nitrogen and oxygen atoms in total. The average Bonchev–Trinajstić information content (AvgIpc) is 2.97. The predicted octanol–water partition coefficient (Wildman–Crippen LogP) is 1.12. The number of rotatable bonds is 6. The van der Waals surface area contributed by atoms with Crippen LogP contribution in [0.3, 0.4) is 0 Å². The molecule has 1 aromatic heterocycles. The molecule has 100 valence electrons. The fourth-order valence-electron chi connectivity index (χ4n) is 1.84. The van der Waals surface area contributed by atoms with Gasteiger partial charge in [0.1, 0.15) is 0 Å². The average molecular weight is 259 g/mol. The zero-order valence-corrected chi connectivity index (χ0v) is 10.6. The van der Waals surface area contributed by atoms with Crippen molar-refractivity contribution in [1.29, 1.82) is 0 Å². The van der Waals surface area contributed by atoms with E-state index in [4.69, 9.17) is 0 Å². The quantitative estimate of drug-likeness (QED) is 0.817. The van der Waals surface area contributed by atoms with Crippen LogP contribution in [-0.4, -0.2) is 27.2 Å². The molecule has 0 saturated carbocycles.